The van der Waals surface area contributed by atoms with Crippen LogP contribution in [0.25, 0.3) is 0 Å². The largest absolute Gasteiger partial charge is 0.396 e. The average Bonchev–Trinajstić information content (AvgIpc) is 3.07. The number of nitro groups is 1. The molecule has 2 atom stereocenters. The predicted octanol–water partition coefficient (Wildman–Crippen LogP) is 1.47. The molecule has 2 saturated heterocycles. The fourth-order valence-electron chi connectivity index (χ4n) is 3.55. The lowest BCUT2D eigenvalue weighted by atomic mass is 9.99. The van der Waals surface area contributed by atoms with Crippen molar-refractivity contribution in [2.45, 2.75) is 25.7 Å². The van der Waals surface area contributed by atoms with Gasteiger partial charge in [0.1, 0.15) is 0 Å². The molecule has 3 rings (SSSR count). The van der Waals surface area contributed by atoms with Gasteiger partial charge < -0.3 is 20.0 Å². The Morgan fingerprint density at radius 2 is 1.71 bits per heavy atom. The Labute approximate surface area is 144 Å². The van der Waals surface area contributed by atoms with Crippen molar-refractivity contribution >= 4 is 27.3 Å². The van der Waals surface area contributed by atoms with Gasteiger partial charge >= 0.3 is 5.00 Å². The molecule has 2 unspecified atom stereocenters. The summed E-state index contributed by atoms with van der Waals surface area (Å²) in [6.07, 6.45) is 3.80. The van der Waals surface area contributed by atoms with E-state index < -0.39 is 0 Å². The molecule has 2 aliphatic heterocycles. The summed E-state index contributed by atoms with van der Waals surface area (Å²) in [7, 11) is 0. The third-order valence-electron chi connectivity index (χ3n) is 4.87. The lowest BCUT2D eigenvalue weighted by molar-refractivity contribution is -0.379. The number of aliphatic hydroxyl groups is 2. The number of thiazole rings is 1. The van der Waals surface area contributed by atoms with Crippen molar-refractivity contribution in [1.82, 2.24) is 4.98 Å². The molecule has 2 N–H and O–H groups in total. The van der Waals surface area contributed by atoms with E-state index in [9.17, 15) is 20.3 Å². The molecule has 24 heavy (non-hydrogen) atoms. The van der Waals surface area contributed by atoms with Crippen molar-refractivity contribution in [2.24, 2.45) is 11.8 Å². The highest BCUT2D eigenvalue weighted by atomic mass is 32.1. The van der Waals surface area contributed by atoms with Gasteiger partial charge in [0.05, 0.1) is 4.92 Å². The van der Waals surface area contributed by atoms with Gasteiger partial charge in [-0.05, 0) is 48.9 Å². The van der Waals surface area contributed by atoms with Gasteiger partial charge in [-0.2, -0.15) is 4.98 Å². The first-order valence-electron chi connectivity index (χ1n) is 8.49. The van der Waals surface area contributed by atoms with E-state index in [-0.39, 0.29) is 35.0 Å². The number of nitrogens with zero attached hydrogens (tertiary/aromatic N) is 4. The number of aromatic nitrogens is 1. The highest BCUT2D eigenvalue weighted by Crippen LogP contribution is 2.41. The molecule has 2 fully saturated rings. The zero-order valence-corrected chi connectivity index (χ0v) is 14.5. The molecule has 0 bridgehead atoms. The number of aliphatic hydroxyl groups excluding tert-OH is 2. The molecule has 9 heteroatoms. The van der Waals surface area contributed by atoms with Gasteiger partial charge in [0, 0.05) is 39.4 Å². The van der Waals surface area contributed by atoms with Crippen LogP contribution in [0.5, 0.6) is 0 Å². The Balaban J connectivity index is 1.83. The van der Waals surface area contributed by atoms with E-state index in [0.717, 1.165) is 50.1 Å². The van der Waals surface area contributed by atoms with Gasteiger partial charge in [-0.3, -0.25) is 10.1 Å². The van der Waals surface area contributed by atoms with Crippen LogP contribution >= 0.6 is 11.3 Å². The van der Waals surface area contributed by atoms with Crippen molar-refractivity contribution < 1.29 is 15.1 Å². The summed E-state index contributed by atoms with van der Waals surface area (Å²) in [6, 6.07) is 0. The summed E-state index contributed by atoms with van der Waals surface area (Å²) in [4.78, 5) is 19.7. The average molecular weight is 356 g/mol. The Hall–Kier alpha value is -1.45. The van der Waals surface area contributed by atoms with E-state index in [0.29, 0.717) is 24.0 Å². The summed E-state index contributed by atoms with van der Waals surface area (Å²) in [6.45, 7) is 3.10. The van der Waals surface area contributed by atoms with Crippen LogP contribution < -0.4 is 9.80 Å². The summed E-state index contributed by atoms with van der Waals surface area (Å²) < 4.78 is 0. The minimum Gasteiger partial charge on any atom is -0.396 e. The zero-order valence-electron chi connectivity index (χ0n) is 13.6. The van der Waals surface area contributed by atoms with E-state index in [1.807, 2.05) is 4.90 Å². The van der Waals surface area contributed by atoms with Gasteiger partial charge in [0.2, 0.25) is 5.82 Å². The van der Waals surface area contributed by atoms with E-state index in [1.165, 1.54) is 0 Å². The van der Waals surface area contributed by atoms with Crippen LogP contribution in [0.1, 0.15) is 25.7 Å². The summed E-state index contributed by atoms with van der Waals surface area (Å²) in [5, 5.41) is 31.0. The minimum atomic E-state index is -0.355. The molecular weight excluding hydrogens is 332 g/mol. The van der Waals surface area contributed by atoms with Crippen molar-refractivity contribution in [3.05, 3.63) is 10.1 Å². The van der Waals surface area contributed by atoms with Gasteiger partial charge in [0.15, 0.2) is 5.13 Å². The first-order chi connectivity index (χ1) is 11.6. The molecule has 1 aromatic heterocycles. The lowest BCUT2D eigenvalue weighted by Crippen LogP contribution is -2.38. The summed E-state index contributed by atoms with van der Waals surface area (Å²) >= 11 is 1.12. The quantitative estimate of drug-likeness (QED) is 0.608. The Morgan fingerprint density at radius 3 is 2.29 bits per heavy atom. The molecular formula is C15H24N4O4S. The van der Waals surface area contributed by atoms with Crippen LogP contribution in [0.15, 0.2) is 0 Å². The summed E-state index contributed by atoms with van der Waals surface area (Å²) in [5.74, 6) is 0.792. The monoisotopic (exact) mass is 356 g/mol. The number of rotatable bonds is 5. The van der Waals surface area contributed by atoms with Crippen LogP contribution in [0.2, 0.25) is 0 Å². The Morgan fingerprint density at radius 1 is 1.12 bits per heavy atom. The van der Waals surface area contributed by atoms with Crippen molar-refractivity contribution in [3.63, 3.8) is 0 Å². The molecule has 0 spiro atoms. The first-order valence-corrected chi connectivity index (χ1v) is 9.30. The molecule has 0 aromatic carbocycles. The number of hydrogen-bond donors (Lipinski definition) is 2. The van der Waals surface area contributed by atoms with Crippen LogP contribution in [0.3, 0.4) is 0 Å². The number of anilines is 2. The third kappa shape index (κ3) is 3.62. The standard InChI is InChI=1S/C15H24N4O4S/c20-9-11-3-1-5-17(7-11)13-14(19(22)23)24-15(16-13)18-6-2-4-12(8-18)10-21/h11-12,20-21H,1-10H2. The molecule has 0 saturated carbocycles. The van der Waals surface area contributed by atoms with E-state index in [1.54, 1.807) is 0 Å². The minimum absolute atomic E-state index is 0.0784. The Kier molecular flexibility index (Phi) is 5.52. The fraction of sp³-hybridized carbons (Fsp3) is 0.800. The second-order valence-electron chi connectivity index (χ2n) is 6.66. The molecule has 134 valence electrons. The molecule has 1 aromatic rings. The van der Waals surface area contributed by atoms with Crippen LogP contribution in [-0.4, -0.2) is 59.5 Å². The first kappa shape index (κ1) is 17.4. The van der Waals surface area contributed by atoms with Gasteiger partial charge in [0.25, 0.3) is 0 Å². The fourth-order valence-corrected chi connectivity index (χ4v) is 4.49. The molecule has 8 nitrogen and oxygen atoms in total. The van der Waals surface area contributed by atoms with Gasteiger partial charge in [-0.15, -0.1) is 0 Å². The predicted molar refractivity (Wildman–Crippen MR) is 92.8 cm³/mol. The van der Waals surface area contributed by atoms with Gasteiger partial charge in [-0.25, -0.2) is 0 Å². The third-order valence-corrected chi connectivity index (χ3v) is 5.93. The second kappa shape index (κ2) is 7.62. The molecule has 0 radical (unpaired) electrons. The Bertz CT molecular complexity index is 582. The van der Waals surface area contributed by atoms with Crippen LogP contribution in [0.4, 0.5) is 16.0 Å². The van der Waals surface area contributed by atoms with Gasteiger partial charge in [-0.1, -0.05) is 0 Å². The molecule has 0 amide bonds. The summed E-state index contributed by atoms with van der Waals surface area (Å²) in [5.41, 5.74) is 0. The highest BCUT2D eigenvalue weighted by Gasteiger charge is 2.32. The number of piperidine rings is 2. The van der Waals surface area contributed by atoms with E-state index in [4.69, 9.17) is 0 Å². The van der Waals surface area contributed by atoms with E-state index >= 15 is 0 Å². The highest BCUT2D eigenvalue weighted by molar-refractivity contribution is 7.19. The SMILES string of the molecule is O=[N+]([O-])c1sc(N2CCCC(CO)C2)nc1N1CCCC(CO)C1. The van der Waals surface area contributed by atoms with E-state index in [2.05, 4.69) is 9.88 Å². The molecule has 3 heterocycles. The maximum atomic E-state index is 11.5. The number of hydrogen-bond acceptors (Lipinski definition) is 8. The smallest absolute Gasteiger partial charge is 0.369 e. The maximum Gasteiger partial charge on any atom is 0.369 e. The van der Waals surface area contributed by atoms with Crippen LogP contribution in [0, 0.1) is 22.0 Å². The van der Waals surface area contributed by atoms with Crippen LogP contribution in [-0.2, 0) is 0 Å². The second-order valence-corrected chi connectivity index (χ2v) is 7.61. The van der Waals surface area contributed by atoms with Crippen molar-refractivity contribution in [1.29, 1.82) is 0 Å². The lowest BCUT2D eigenvalue weighted by Gasteiger charge is -2.32. The molecule has 2 aliphatic rings. The maximum absolute atomic E-state index is 11.5. The molecule has 0 aliphatic carbocycles. The normalized spacial score (nSPS) is 25.1. The topological polar surface area (TPSA) is 103 Å². The van der Waals surface area contributed by atoms with Crippen molar-refractivity contribution in [2.75, 3.05) is 49.2 Å². The zero-order chi connectivity index (χ0) is 17.1. The van der Waals surface area contributed by atoms with Crippen molar-refractivity contribution in [3.8, 4) is 0 Å².